The number of benzene rings is 2. The Balaban J connectivity index is 2.06. The van der Waals surface area contributed by atoms with Gasteiger partial charge >= 0.3 is 6.61 Å². The second-order valence-electron chi connectivity index (χ2n) is 4.75. The Bertz CT molecular complexity index is 657. The number of halogens is 2. The van der Waals surface area contributed by atoms with Gasteiger partial charge in [-0.15, -0.1) is 0 Å². The second kappa shape index (κ2) is 8.16. The Morgan fingerprint density at radius 3 is 2.41 bits per heavy atom. The first-order chi connectivity index (χ1) is 10.7. The highest BCUT2D eigenvalue weighted by atomic mass is 19.3. The van der Waals surface area contributed by atoms with Crippen LogP contribution >= 0.6 is 0 Å². The molecule has 0 aliphatic heterocycles. The Morgan fingerprint density at radius 1 is 1.00 bits per heavy atom. The molecule has 0 radical (unpaired) electrons. The minimum atomic E-state index is -2.81. The van der Waals surface area contributed by atoms with Gasteiger partial charge in [0.1, 0.15) is 5.75 Å². The van der Waals surface area contributed by atoms with E-state index in [-0.39, 0.29) is 5.75 Å². The molecule has 0 heterocycles. The van der Waals surface area contributed by atoms with Crippen molar-refractivity contribution in [1.82, 2.24) is 0 Å². The maximum Gasteiger partial charge on any atom is 0.387 e. The minimum Gasteiger partial charge on any atom is -0.435 e. The molecule has 4 heteroatoms. The van der Waals surface area contributed by atoms with Gasteiger partial charge in [0.05, 0.1) is 0 Å². The average Bonchev–Trinajstić information content (AvgIpc) is 2.52. The van der Waals surface area contributed by atoms with Crippen molar-refractivity contribution >= 4 is 0 Å². The first-order valence-corrected chi connectivity index (χ1v) is 7.03. The molecule has 0 unspecified atom stereocenters. The third-order valence-corrected chi connectivity index (χ3v) is 3.03. The highest BCUT2D eigenvalue weighted by molar-refractivity contribution is 5.45. The first kappa shape index (κ1) is 16.0. The van der Waals surface area contributed by atoms with Gasteiger partial charge in [0.2, 0.25) is 0 Å². The summed E-state index contributed by atoms with van der Waals surface area (Å²) in [6, 6.07) is 14.3. The number of hydrogen-bond acceptors (Lipinski definition) is 2. The summed E-state index contributed by atoms with van der Waals surface area (Å²) >= 11 is 0. The molecule has 0 saturated heterocycles. The third kappa shape index (κ3) is 5.19. The number of alkyl halides is 2. The van der Waals surface area contributed by atoms with E-state index in [0.717, 1.165) is 24.0 Å². The lowest BCUT2D eigenvalue weighted by Crippen LogP contribution is -2.01. The van der Waals surface area contributed by atoms with Gasteiger partial charge in [-0.3, -0.25) is 0 Å². The Morgan fingerprint density at radius 2 is 1.73 bits per heavy atom. The molecule has 2 aromatic carbocycles. The van der Waals surface area contributed by atoms with Gasteiger partial charge in [0, 0.05) is 11.1 Å². The summed E-state index contributed by atoms with van der Waals surface area (Å²) in [5, 5.41) is 0. The van der Waals surface area contributed by atoms with Crippen molar-refractivity contribution < 1.29 is 13.5 Å². The van der Waals surface area contributed by atoms with Crippen molar-refractivity contribution in [3.63, 3.8) is 0 Å². The summed E-state index contributed by atoms with van der Waals surface area (Å²) in [6.45, 7) is -2.14. The van der Waals surface area contributed by atoms with Crippen molar-refractivity contribution in [3.8, 4) is 17.6 Å². The van der Waals surface area contributed by atoms with Gasteiger partial charge in [-0.2, -0.15) is 8.78 Å². The lowest BCUT2D eigenvalue weighted by molar-refractivity contribution is -0.0498. The molecule has 0 amide bonds. The molecule has 0 atom stereocenters. The molecule has 2 nitrogen and oxygen atoms in total. The van der Waals surface area contributed by atoms with E-state index >= 15 is 0 Å². The van der Waals surface area contributed by atoms with Crippen LogP contribution in [0, 0.1) is 11.8 Å². The molecule has 0 fully saturated rings. The lowest BCUT2D eigenvalue weighted by atomic mass is 10.1. The monoisotopic (exact) mass is 301 g/mol. The fourth-order valence-electron chi connectivity index (χ4n) is 1.97. The molecule has 114 valence electrons. The zero-order valence-corrected chi connectivity index (χ0v) is 12.1. The highest BCUT2D eigenvalue weighted by Crippen LogP contribution is 2.14. The van der Waals surface area contributed by atoms with Crippen LogP contribution in [0.1, 0.15) is 23.1 Å². The van der Waals surface area contributed by atoms with Crippen LogP contribution in [0.4, 0.5) is 8.78 Å². The standard InChI is InChI=1S/C18H17F2NO/c19-18(20)22-17-10-8-14(9-11-17)6-7-16-4-1-3-15(13-16)5-2-12-21/h1,3-4,8-11,13,18H,2,5,12,21H2. The average molecular weight is 301 g/mol. The van der Waals surface area contributed by atoms with E-state index in [0.29, 0.717) is 6.54 Å². The molecule has 0 aliphatic rings. The molecule has 22 heavy (non-hydrogen) atoms. The predicted octanol–water partition coefficient (Wildman–Crippen LogP) is 3.58. The molecule has 0 saturated carbocycles. The van der Waals surface area contributed by atoms with Crippen LogP contribution < -0.4 is 10.5 Å². The summed E-state index contributed by atoms with van der Waals surface area (Å²) in [7, 11) is 0. The summed E-state index contributed by atoms with van der Waals surface area (Å²) < 4.78 is 28.4. The molecule has 0 spiro atoms. The van der Waals surface area contributed by atoms with E-state index in [1.807, 2.05) is 18.2 Å². The third-order valence-electron chi connectivity index (χ3n) is 3.03. The van der Waals surface area contributed by atoms with Crippen LogP contribution in [0.25, 0.3) is 0 Å². The van der Waals surface area contributed by atoms with E-state index in [4.69, 9.17) is 5.73 Å². The van der Waals surface area contributed by atoms with Gasteiger partial charge in [0.15, 0.2) is 0 Å². The lowest BCUT2D eigenvalue weighted by Gasteiger charge is -2.03. The van der Waals surface area contributed by atoms with Crippen molar-refractivity contribution in [3.05, 3.63) is 65.2 Å². The number of nitrogens with two attached hydrogens (primary N) is 1. The van der Waals surface area contributed by atoms with E-state index in [2.05, 4.69) is 22.6 Å². The summed E-state index contributed by atoms with van der Waals surface area (Å²) in [5.41, 5.74) is 8.38. The van der Waals surface area contributed by atoms with E-state index in [9.17, 15) is 8.78 Å². The number of aryl methyl sites for hydroxylation is 1. The molecular weight excluding hydrogens is 284 g/mol. The second-order valence-corrected chi connectivity index (χ2v) is 4.75. The van der Waals surface area contributed by atoms with E-state index in [1.54, 1.807) is 12.1 Å². The van der Waals surface area contributed by atoms with Crippen LogP contribution in [0.3, 0.4) is 0 Å². The van der Waals surface area contributed by atoms with Gasteiger partial charge < -0.3 is 10.5 Å². The number of hydrogen-bond donors (Lipinski definition) is 1. The van der Waals surface area contributed by atoms with Crippen LogP contribution in [0.2, 0.25) is 0 Å². The van der Waals surface area contributed by atoms with Gasteiger partial charge in [-0.1, -0.05) is 24.0 Å². The zero-order chi connectivity index (χ0) is 15.8. The largest absolute Gasteiger partial charge is 0.435 e. The van der Waals surface area contributed by atoms with Crippen LogP contribution in [-0.2, 0) is 6.42 Å². The smallest absolute Gasteiger partial charge is 0.387 e. The predicted molar refractivity (Wildman–Crippen MR) is 82.9 cm³/mol. The maximum absolute atomic E-state index is 12.1. The van der Waals surface area contributed by atoms with Crippen molar-refractivity contribution in [2.24, 2.45) is 5.73 Å². The van der Waals surface area contributed by atoms with Crippen molar-refractivity contribution in [2.75, 3.05) is 6.54 Å². The van der Waals surface area contributed by atoms with Crippen molar-refractivity contribution in [1.29, 1.82) is 0 Å². The van der Waals surface area contributed by atoms with Crippen LogP contribution in [-0.4, -0.2) is 13.2 Å². The highest BCUT2D eigenvalue weighted by Gasteiger charge is 2.02. The number of ether oxygens (including phenoxy) is 1. The summed E-state index contributed by atoms with van der Waals surface area (Å²) in [4.78, 5) is 0. The SMILES string of the molecule is NCCCc1cccc(C#Cc2ccc(OC(F)F)cc2)c1. The van der Waals surface area contributed by atoms with E-state index in [1.165, 1.54) is 17.7 Å². The van der Waals surface area contributed by atoms with Gasteiger partial charge in [0.25, 0.3) is 0 Å². The molecule has 2 N–H and O–H groups in total. The summed E-state index contributed by atoms with van der Waals surface area (Å²) in [6.07, 6.45) is 1.88. The fourth-order valence-corrected chi connectivity index (χ4v) is 1.97. The molecular formula is C18H17F2NO. The van der Waals surface area contributed by atoms with Gasteiger partial charge in [-0.05, 0) is 61.3 Å². The van der Waals surface area contributed by atoms with Crippen molar-refractivity contribution in [2.45, 2.75) is 19.5 Å². The minimum absolute atomic E-state index is 0.129. The number of rotatable bonds is 5. The Hall–Kier alpha value is -2.38. The van der Waals surface area contributed by atoms with E-state index < -0.39 is 6.61 Å². The van der Waals surface area contributed by atoms with Gasteiger partial charge in [-0.25, -0.2) is 0 Å². The molecule has 0 aliphatic carbocycles. The normalized spacial score (nSPS) is 10.2. The van der Waals surface area contributed by atoms with Crippen LogP contribution in [0.5, 0.6) is 5.75 Å². The van der Waals surface area contributed by atoms with Crippen LogP contribution in [0.15, 0.2) is 48.5 Å². The first-order valence-electron chi connectivity index (χ1n) is 7.03. The Labute approximate surface area is 128 Å². The quantitative estimate of drug-likeness (QED) is 0.857. The summed E-state index contributed by atoms with van der Waals surface area (Å²) in [5.74, 6) is 6.20. The maximum atomic E-state index is 12.1. The molecule has 0 aromatic heterocycles. The Kier molecular flexibility index (Phi) is 5.93. The topological polar surface area (TPSA) is 35.2 Å². The fraction of sp³-hybridized carbons (Fsp3) is 0.222. The molecule has 0 bridgehead atoms. The molecule has 2 rings (SSSR count). The zero-order valence-electron chi connectivity index (χ0n) is 12.1. The molecule has 2 aromatic rings.